The van der Waals surface area contributed by atoms with Crippen molar-refractivity contribution in [1.29, 1.82) is 0 Å². The molecule has 4 heteroatoms. The first-order valence-electron chi connectivity index (χ1n) is 5.36. The lowest BCUT2D eigenvalue weighted by Crippen LogP contribution is -2.14. The van der Waals surface area contributed by atoms with Crippen LogP contribution < -0.4 is 0 Å². The summed E-state index contributed by atoms with van der Waals surface area (Å²) in [5.74, 6) is 0.895. The minimum atomic E-state index is 0. The Labute approximate surface area is 110 Å². The van der Waals surface area contributed by atoms with Crippen molar-refractivity contribution in [2.24, 2.45) is 5.92 Å². The van der Waals surface area contributed by atoms with Gasteiger partial charge in [0.05, 0.1) is 0 Å². The summed E-state index contributed by atoms with van der Waals surface area (Å²) in [5, 5.41) is 0. The summed E-state index contributed by atoms with van der Waals surface area (Å²) < 4.78 is 0.882. The van der Waals surface area contributed by atoms with E-state index >= 15 is 0 Å². The zero-order chi connectivity index (χ0) is 10.7. The Balaban J connectivity index is 0.00000128. The molecule has 1 heterocycles. The number of aromatic nitrogens is 1. The van der Waals surface area contributed by atoms with Crippen LogP contribution in [0, 0.1) is 5.92 Å². The predicted octanol–water partition coefficient (Wildman–Crippen LogP) is 3.74. The lowest BCUT2D eigenvalue weighted by Gasteiger charge is -2.25. The van der Waals surface area contributed by atoms with Crippen LogP contribution in [0.4, 0.5) is 0 Å². The number of halogens is 2. The van der Waals surface area contributed by atoms with Gasteiger partial charge in [-0.1, -0.05) is 6.07 Å². The zero-order valence-corrected chi connectivity index (χ0v) is 11.3. The van der Waals surface area contributed by atoms with Gasteiger partial charge in [-0.05, 0) is 59.2 Å². The highest BCUT2D eigenvalue weighted by Crippen LogP contribution is 2.34. The van der Waals surface area contributed by atoms with Crippen molar-refractivity contribution in [1.82, 2.24) is 4.98 Å². The van der Waals surface area contributed by atoms with E-state index in [4.69, 9.17) is 0 Å². The molecule has 0 N–H and O–H groups in total. The van der Waals surface area contributed by atoms with Gasteiger partial charge in [0.15, 0.2) is 0 Å². The molecule has 0 radical (unpaired) electrons. The molecular weight excluding hydrogens is 289 g/mol. The molecule has 1 aliphatic carbocycles. The summed E-state index contributed by atoms with van der Waals surface area (Å²) >= 11 is 3.33. The third-order valence-electron chi connectivity index (χ3n) is 3.19. The fraction of sp³-hybridized carbons (Fsp3) is 0.500. The number of rotatable bonds is 2. The molecule has 2 rings (SSSR count). The molecule has 0 atom stereocenters. The van der Waals surface area contributed by atoms with Gasteiger partial charge in [-0.3, -0.25) is 0 Å². The summed E-state index contributed by atoms with van der Waals surface area (Å²) in [5.41, 5.74) is 1.31. The van der Waals surface area contributed by atoms with Gasteiger partial charge in [0.25, 0.3) is 0 Å². The molecule has 1 aliphatic rings. The van der Waals surface area contributed by atoms with Crippen molar-refractivity contribution in [3.8, 4) is 0 Å². The lowest BCUT2D eigenvalue weighted by molar-refractivity contribution is -0.111. The lowest BCUT2D eigenvalue weighted by atomic mass is 9.80. The van der Waals surface area contributed by atoms with Crippen molar-refractivity contribution < 1.29 is 4.79 Å². The Morgan fingerprint density at radius 2 is 1.94 bits per heavy atom. The second kappa shape index (κ2) is 6.36. The molecule has 0 amide bonds. The first-order valence-corrected chi connectivity index (χ1v) is 6.15. The average molecular weight is 305 g/mol. The Morgan fingerprint density at radius 1 is 1.25 bits per heavy atom. The molecular formula is C12H15BrClNO. The van der Waals surface area contributed by atoms with Gasteiger partial charge in [0.1, 0.15) is 10.9 Å². The largest absolute Gasteiger partial charge is 0.303 e. The molecule has 0 saturated heterocycles. The average Bonchev–Trinajstić information content (AvgIpc) is 2.30. The topological polar surface area (TPSA) is 30.0 Å². The number of hydrogen-bond donors (Lipinski definition) is 0. The number of nitrogens with zero attached hydrogens (tertiary/aromatic N) is 1. The van der Waals surface area contributed by atoms with Gasteiger partial charge in [-0.25, -0.2) is 4.98 Å². The van der Waals surface area contributed by atoms with Gasteiger partial charge in [0, 0.05) is 12.1 Å². The molecule has 0 unspecified atom stereocenters. The quantitative estimate of drug-likeness (QED) is 0.615. The van der Waals surface area contributed by atoms with Crippen LogP contribution in [0.5, 0.6) is 0 Å². The highest BCUT2D eigenvalue weighted by atomic mass is 79.9. The monoisotopic (exact) mass is 303 g/mol. The highest BCUT2D eigenvalue weighted by Gasteiger charge is 2.21. The first kappa shape index (κ1) is 13.7. The normalized spacial score (nSPS) is 24.6. The van der Waals surface area contributed by atoms with E-state index in [9.17, 15) is 4.79 Å². The van der Waals surface area contributed by atoms with Crippen LogP contribution >= 0.6 is 28.3 Å². The van der Waals surface area contributed by atoms with Crippen LogP contribution in [0.1, 0.15) is 37.2 Å². The number of pyridine rings is 1. The molecule has 88 valence electrons. The van der Waals surface area contributed by atoms with E-state index in [0.29, 0.717) is 11.8 Å². The number of aldehydes is 1. The van der Waals surface area contributed by atoms with E-state index in [0.717, 1.165) is 36.6 Å². The predicted molar refractivity (Wildman–Crippen MR) is 69.9 cm³/mol. The fourth-order valence-corrected chi connectivity index (χ4v) is 2.45. The van der Waals surface area contributed by atoms with E-state index in [1.165, 1.54) is 5.56 Å². The van der Waals surface area contributed by atoms with Gasteiger partial charge < -0.3 is 4.79 Å². The molecule has 1 aromatic rings. The van der Waals surface area contributed by atoms with Crippen LogP contribution in [0.2, 0.25) is 0 Å². The zero-order valence-electron chi connectivity index (χ0n) is 8.93. The molecule has 1 saturated carbocycles. The van der Waals surface area contributed by atoms with Crippen LogP contribution in [0.3, 0.4) is 0 Å². The van der Waals surface area contributed by atoms with Crippen molar-refractivity contribution in [3.63, 3.8) is 0 Å². The second-order valence-electron chi connectivity index (χ2n) is 4.16. The van der Waals surface area contributed by atoms with E-state index in [1.807, 2.05) is 12.3 Å². The highest BCUT2D eigenvalue weighted by molar-refractivity contribution is 9.10. The Hall–Kier alpha value is -0.410. The Morgan fingerprint density at radius 3 is 2.44 bits per heavy atom. The second-order valence-corrected chi connectivity index (χ2v) is 4.97. The van der Waals surface area contributed by atoms with Crippen LogP contribution in [-0.2, 0) is 4.79 Å². The summed E-state index contributed by atoms with van der Waals surface area (Å²) in [7, 11) is 0. The van der Waals surface area contributed by atoms with E-state index in [2.05, 4.69) is 27.0 Å². The van der Waals surface area contributed by atoms with Crippen molar-refractivity contribution in [2.45, 2.75) is 31.6 Å². The molecule has 16 heavy (non-hydrogen) atoms. The van der Waals surface area contributed by atoms with Crippen LogP contribution in [-0.4, -0.2) is 11.3 Å². The van der Waals surface area contributed by atoms with Crippen molar-refractivity contribution in [2.75, 3.05) is 0 Å². The SMILES string of the molecule is Cl.O=CC1CCC(c2ccc(Br)nc2)CC1. The first-order chi connectivity index (χ1) is 7.29. The Kier molecular flexibility index (Phi) is 5.42. The summed E-state index contributed by atoms with van der Waals surface area (Å²) in [6.45, 7) is 0. The summed E-state index contributed by atoms with van der Waals surface area (Å²) in [6.07, 6.45) is 7.35. The molecule has 0 aliphatic heterocycles. The number of carbonyl (C=O) groups is 1. The molecule has 1 aromatic heterocycles. The molecule has 0 spiro atoms. The maximum absolute atomic E-state index is 10.6. The minimum Gasteiger partial charge on any atom is -0.303 e. The maximum Gasteiger partial charge on any atom is 0.123 e. The number of carbonyl (C=O) groups excluding carboxylic acids is 1. The van der Waals surface area contributed by atoms with E-state index in [1.54, 1.807) is 0 Å². The van der Waals surface area contributed by atoms with E-state index < -0.39 is 0 Å². The molecule has 0 bridgehead atoms. The minimum absolute atomic E-state index is 0. The van der Waals surface area contributed by atoms with Crippen molar-refractivity contribution >= 4 is 34.6 Å². The summed E-state index contributed by atoms with van der Waals surface area (Å²) in [6, 6.07) is 4.12. The maximum atomic E-state index is 10.6. The fourth-order valence-electron chi connectivity index (χ4n) is 2.22. The van der Waals surface area contributed by atoms with Crippen LogP contribution in [0.15, 0.2) is 22.9 Å². The van der Waals surface area contributed by atoms with E-state index in [-0.39, 0.29) is 12.4 Å². The van der Waals surface area contributed by atoms with Gasteiger partial charge >= 0.3 is 0 Å². The Bertz CT molecular complexity index is 333. The van der Waals surface area contributed by atoms with Gasteiger partial charge in [-0.15, -0.1) is 12.4 Å². The van der Waals surface area contributed by atoms with Crippen LogP contribution in [0.25, 0.3) is 0 Å². The third kappa shape index (κ3) is 3.29. The summed E-state index contributed by atoms with van der Waals surface area (Å²) in [4.78, 5) is 14.9. The number of hydrogen-bond acceptors (Lipinski definition) is 2. The smallest absolute Gasteiger partial charge is 0.123 e. The standard InChI is InChI=1S/C12H14BrNO.ClH/c13-12-6-5-11(7-14-12)10-3-1-9(8-15)2-4-10;/h5-10H,1-4H2;1H. The third-order valence-corrected chi connectivity index (χ3v) is 3.66. The van der Waals surface area contributed by atoms with Gasteiger partial charge in [-0.2, -0.15) is 0 Å². The molecule has 1 fully saturated rings. The molecule has 0 aromatic carbocycles. The van der Waals surface area contributed by atoms with Gasteiger partial charge in [0.2, 0.25) is 0 Å². The molecule has 2 nitrogen and oxygen atoms in total. The van der Waals surface area contributed by atoms with Crippen molar-refractivity contribution in [3.05, 3.63) is 28.5 Å².